The maximum Gasteiger partial charge on any atom is 0.121 e. The van der Waals surface area contributed by atoms with Gasteiger partial charge in [0.15, 0.2) is 0 Å². The Morgan fingerprint density at radius 1 is 0.842 bits per heavy atom. The summed E-state index contributed by atoms with van der Waals surface area (Å²) >= 11 is 0. The first-order valence-electron chi connectivity index (χ1n) is 6.57. The summed E-state index contributed by atoms with van der Waals surface area (Å²) in [7, 11) is 0. The predicted octanol–water partition coefficient (Wildman–Crippen LogP) is 4.35. The van der Waals surface area contributed by atoms with Crippen LogP contribution < -0.4 is 0 Å². The molecule has 2 aromatic carbocycles. The molecule has 2 heteroatoms. The van der Waals surface area contributed by atoms with Gasteiger partial charge in [-0.3, -0.25) is 0 Å². The maximum atomic E-state index is 9.21. The average molecular weight is 258 g/mol. The third-order valence-electron chi connectivity index (χ3n) is 2.91. The molecule has 2 N–H and O–H groups in total. The molecule has 2 nitrogen and oxygen atoms in total. The monoisotopic (exact) mass is 258 g/mol. The lowest BCUT2D eigenvalue weighted by Gasteiger charge is -1.99. The van der Waals surface area contributed by atoms with Gasteiger partial charge in [-0.2, -0.15) is 0 Å². The quantitative estimate of drug-likeness (QED) is 0.840. The van der Waals surface area contributed by atoms with E-state index in [1.807, 2.05) is 44.2 Å². The summed E-state index contributed by atoms with van der Waals surface area (Å²) in [5.41, 5.74) is 3.17. The van der Waals surface area contributed by atoms with Gasteiger partial charge in [0.1, 0.15) is 11.5 Å². The molecule has 0 heterocycles. The molecule has 19 heavy (non-hydrogen) atoms. The van der Waals surface area contributed by atoms with Crippen molar-refractivity contribution in [3.63, 3.8) is 0 Å². The van der Waals surface area contributed by atoms with Crippen LogP contribution in [-0.2, 0) is 6.42 Å². The van der Waals surface area contributed by atoms with Crippen LogP contribution in [0, 0.1) is 13.8 Å². The molecule has 0 aliphatic rings. The molecular weight excluding hydrogens is 236 g/mol. The second-order valence-electron chi connectivity index (χ2n) is 4.66. The van der Waals surface area contributed by atoms with Crippen molar-refractivity contribution in [2.24, 2.45) is 0 Å². The summed E-state index contributed by atoms with van der Waals surface area (Å²) in [6.45, 7) is 5.93. The highest BCUT2D eigenvalue weighted by Crippen LogP contribution is 2.19. The van der Waals surface area contributed by atoms with Crippen molar-refractivity contribution in [3.05, 3.63) is 59.2 Å². The van der Waals surface area contributed by atoms with Crippen LogP contribution in [0.1, 0.15) is 30.0 Å². The minimum Gasteiger partial charge on any atom is -0.508 e. The summed E-state index contributed by atoms with van der Waals surface area (Å²) in [4.78, 5) is 0. The summed E-state index contributed by atoms with van der Waals surface area (Å²) in [5, 5.41) is 18.1. The Morgan fingerprint density at radius 3 is 1.79 bits per heavy atom. The molecule has 0 spiro atoms. The van der Waals surface area contributed by atoms with Gasteiger partial charge in [0, 0.05) is 0 Å². The van der Waals surface area contributed by atoms with E-state index in [0.29, 0.717) is 11.5 Å². The van der Waals surface area contributed by atoms with Crippen molar-refractivity contribution in [2.45, 2.75) is 33.6 Å². The van der Waals surface area contributed by atoms with Gasteiger partial charge in [-0.15, -0.1) is 0 Å². The molecular formula is C17H22O2. The van der Waals surface area contributed by atoms with Crippen LogP contribution in [0.5, 0.6) is 11.5 Å². The number of hydrogen-bond donors (Lipinski definition) is 2. The van der Waals surface area contributed by atoms with Crippen molar-refractivity contribution in [2.75, 3.05) is 0 Å². The van der Waals surface area contributed by atoms with Crippen LogP contribution in [0.4, 0.5) is 0 Å². The molecule has 0 fully saturated rings. The molecule has 0 unspecified atom stereocenters. The summed E-state index contributed by atoms with van der Waals surface area (Å²) in [6, 6.07) is 13.1. The second-order valence-corrected chi connectivity index (χ2v) is 4.66. The number of para-hydroxylation sites is 1. The van der Waals surface area contributed by atoms with Crippen molar-refractivity contribution < 1.29 is 10.2 Å². The standard InChI is InChI=1S/C9H12O.C8H10O/c1-2-3-8-4-6-9(10)7-5-8;1-6-4-3-5-7(2)8(6)9/h4-7,10H,2-3H2,1H3;3-5,9H,1-2H3. The van der Waals surface area contributed by atoms with E-state index in [-0.39, 0.29) is 0 Å². The molecule has 0 aliphatic carbocycles. The van der Waals surface area contributed by atoms with E-state index in [1.165, 1.54) is 5.56 Å². The van der Waals surface area contributed by atoms with E-state index in [4.69, 9.17) is 5.11 Å². The minimum atomic E-state index is 0.347. The Bertz CT molecular complexity index is 481. The second kappa shape index (κ2) is 7.47. The first kappa shape index (κ1) is 15.1. The smallest absolute Gasteiger partial charge is 0.121 e. The van der Waals surface area contributed by atoms with Crippen LogP contribution in [-0.4, -0.2) is 10.2 Å². The Hall–Kier alpha value is -1.96. The molecule has 0 aliphatic heterocycles. The Balaban J connectivity index is 0.000000191. The number of rotatable bonds is 2. The van der Waals surface area contributed by atoms with Crippen LogP contribution in [0.25, 0.3) is 0 Å². The topological polar surface area (TPSA) is 40.5 Å². The van der Waals surface area contributed by atoms with E-state index in [0.717, 1.165) is 24.0 Å². The SMILES string of the molecule is CCCc1ccc(O)cc1.Cc1cccc(C)c1O. The molecule has 102 valence electrons. The van der Waals surface area contributed by atoms with Crippen molar-refractivity contribution in [1.82, 2.24) is 0 Å². The lowest BCUT2D eigenvalue weighted by Crippen LogP contribution is -1.79. The molecule has 0 saturated heterocycles. The third-order valence-corrected chi connectivity index (χ3v) is 2.91. The first-order valence-corrected chi connectivity index (χ1v) is 6.57. The van der Waals surface area contributed by atoms with E-state index in [1.54, 1.807) is 12.1 Å². The van der Waals surface area contributed by atoms with Gasteiger partial charge in [-0.25, -0.2) is 0 Å². The highest BCUT2D eigenvalue weighted by atomic mass is 16.3. The van der Waals surface area contributed by atoms with E-state index < -0.39 is 0 Å². The highest BCUT2D eigenvalue weighted by Gasteiger charge is 1.95. The minimum absolute atomic E-state index is 0.347. The van der Waals surface area contributed by atoms with Crippen LogP contribution in [0.2, 0.25) is 0 Å². The van der Waals surface area contributed by atoms with Crippen molar-refractivity contribution in [3.8, 4) is 11.5 Å². The van der Waals surface area contributed by atoms with Crippen molar-refractivity contribution in [1.29, 1.82) is 0 Å². The van der Waals surface area contributed by atoms with E-state index in [9.17, 15) is 5.11 Å². The fourth-order valence-corrected chi connectivity index (χ4v) is 1.76. The van der Waals surface area contributed by atoms with Gasteiger partial charge in [-0.1, -0.05) is 43.7 Å². The fraction of sp³-hybridized carbons (Fsp3) is 0.294. The zero-order valence-electron chi connectivity index (χ0n) is 11.9. The molecule has 0 radical (unpaired) electrons. The summed E-state index contributed by atoms with van der Waals surface area (Å²) < 4.78 is 0. The summed E-state index contributed by atoms with van der Waals surface area (Å²) in [6.07, 6.45) is 2.26. The molecule has 0 aromatic heterocycles. The predicted molar refractivity (Wildman–Crippen MR) is 79.7 cm³/mol. The molecule has 0 bridgehead atoms. The van der Waals surface area contributed by atoms with Gasteiger partial charge in [0.05, 0.1) is 0 Å². The zero-order chi connectivity index (χ0) is 14.3. The van der Waals surface area contributed by atoms with Crippen molar-refractivity contribution >= 4 is 0 Å². The Labute approximate surface area is 115 Å². The lowest BCUT2D eigenvalue weighted by molar-refractivity contribution is 0.467. The maximum absolute atomic E-state index is 9.21. The zero-order valence-corrected chi connectivity index (χ0v) is 11.9. The number of aromatic hydroxyl groups is 2. The summed E-state index contributed by atoms with van der Waals surface area (Å²) in [5.74, 6) is 0.761. The normalized spacial score (nSPS) is 9.63. The molecule has 0 atom stereocenters. The van der Waals surface area contributed by atoms with E-state index >= 15 is 0 Å². The Morgan fingerprint density at radius 2 is 1.37 bits per heavy atom. The Kier molecular flexibility index (Phi) is 5.94. The number of aryl methyl sites for hydroxylation is 3. The number of phenolic OH excluding ortho intramolecular Hbond substituents is 2. The largest absolute Gasteiger partial charge is 0.508 e. The average Bonchev–Trinajstić information content (AvgIpc) is 2.40. The van der Waals surface area contributed by atoms with Gasteiger partial charge >= 0.3 is 0 Å². The van der Waals surface area contributed by atoms with Gasteiger partial charge < -0.3 is 10.2 Å². The number of phenols is 2. The first-order chi connectivity index (χ1) is 9.04. The van der Waals surface area contributed by atoms with Gasteiger partial charge in [0.2, 0.25) is 0 Å². The number of benzene rings is 2. The lowest BCUT2D eigenvalue weighted by atomic mass is 10.1. The molecule has 2 aromatic rings. The van der Waals surface area contributed by atoms with E-state index in [2.05, 4.69) is 6.92 Å². The highest BCUT2D eigenvalue weighted by molar-refractivity contribution is 5.38. The van der Waals surface area contributed by atoms with Crippen LogP contribution in [0.15, 0.2) is 42.5 Å². The van der Waals surface area contributed by atoms with Crippen LogP contribution in [0.3, 0.4) is 0 Å². The van der Waals surface area contributed by atoms with Gasteiger partial charge in [-0.05, 0) is 49.1 Å². The van der Waals surface area contributed by atoms with Crippen LogP contribution >= 0.6 is 0 Å². The third kappa shape index (κ3) is 5.04. The molecule has 0 saturated carbocycles. The molecule has 0 amide bonds. The van der Waals surface area contributed by atoms with Gasteiger partial charge in [0.25, 0.3) is 0 Å². The fourth-order valence-electron chi connectivity index (χ4n) is 1.76. The number of hydrogen-bond acceptors (Lipinski definition) is 2. The molecule has 2 rings (SSSR count).